The highest BCUT2D eigenvalue weighted by molar-refractivity contribution is 7.24. The van der Waals surface area contributed by atoms with E-state index in [4.69, 9.17) is 23.7 Å². The summed E-state index contributed by atoms with van der Waals surface area (Å²) in [6.45, 7) is 15.9. The summed E-state index contributed by atoms with van der Waals surface area (Å²) < 4.78 is 29.9. The van der Waals surface area contributed by atoms with Crippen molar-refractivity contribution in [2.24, 2.45) is 0 Å². The molecule has 2 fully saturated rings. The highest BCUT2D eigenvalue weighted by Crippen LogP contribution is 2.38. The van der Waals surface area contributed by atoms with E-state index in [1.165, 1.54) is 29.8 Å². The van der Waals surface area contributed by atoms with E-state index in [0.29, 0.717) is 9.75 Å². The van der Waals surface area contributed by atoms with Crippen molar-refractivity contribution >= 4 is 58.4 Å². The summed E-state index contributed by atoms with van der Waals surface area (Å²) in [5.41, 5.74) is -1.53. The van der Waals surface area contributed by atoms with Gasteiger partial charge in [0.2, 0.25) is 0 Å². The van der Waals surface area contributed by atoms with E-state index in [2.05, 4.69) is 4.74 Å². The van der Waals surface area contributed by atoms with Crippen LogP contribution in [0.3, 0.4) is 0 Å². The molecule has 2 aliphatic rings. The van der Waals surface area contributed by atoms with Crippen molar-refractivity contribution in [1.82, 2.24) is 0 Å². The van der Waals surface area contributed by atoms with E-state index >= 15 is 0 Å². The molecular formula is C23H32B2O8S2. The monoisotopic (exact) mass is 522 g/mol. The molecule has 0 saturated carbocycles. The molecule has 1 N–H and O–H groups in total. The van der Waals surface area contributed by atoms with E-state index in [1.54, 1.807) is 18.2 Å². The van der Waals surface area contributed by atoms with E-state index in [-0.39, 0.29) is 17.2 Å². The van der Waals surface area contributed by atoms with Crippen LogP contribution in [0.15, 0.2) is 24.3 Å². The molecule has 35 heavy (non-hydrogen) atoms. The topological polar surface area (TPSA) is 101 Å². The highest BCUT2D eigenvalue weighted by Gasteiger charge is 2.53. The van der Waals surface area contributed by atoms with Crippen LogP contribution in [0.4, 0.5) is 0 Å². The Hall–Kier alpha value is -1.69. The number of carbonyl (C=O) groups is 2. The zero-order valence-electron chi connectivity index (χ0n) is 21.6. The number of methoxy groups -OCH3 is 1. The first-order chi connectivity index (χ1) is 16.0. The minimum absolute atomic E-state index is 0.301. The summed E-state index contributed by atoms with van der Waals surface area (Å²) in [5, 5.41) is 8.88. The van der Waals surface area contributed by atoms with Gasteiger partial charge in [0.05, 0.1) is 29.5 Å². The number of carbonyl (C=O) groups excluding carboxylic acids is 1. The number of rotatable bonds is 4. The largest absolute Gasteiger partial charge is 0.505 e. The van der Waals surface area contributed by atoms with Crippen LogP contribution < -0.4 is 9.55 Å². The Morgan fingerprint density at radius 2 is 1.06 bits per heavy atom. The van der Waals surface area contributed by atoms with Crippen LogP contribution in [-0.4, -0.2) is 60.8 Å². The number of esters is 1. The number of carboxylic acids is 1. The first kappa shape index (κ1) is 27.9. The van der Waals surface area contributed by atoms with Gasteiger partial charge < -0.3 is 28.5 Å². The van der Waals surface area contributed by atoms with Crippen LogP contribution in [0.1, 0.15) is 74.7 Å². The maximum absolute atomic E-state index is 11.4. The van der Waals surface area contributed by atoms with Gasteiger partial charge in [-0.3, -0.25) is 0 Å². The van der Waals surface area contributed by atoms with Crippen LogP contribution >= 0.6 is 22.7 Å². The predicted octanol–water partition coefficient (Wildman–Crippen LogP) is 3.58. The fourth-order valence-corrected chi connectivity index (χ4v) is 4.89. The lowest BCUT2D eigenvalue weighted by Gasteiger charge is -2.32. The molecule has 0 radical (unpaired) electrons. The average molecular weight is 522 g/mol. The molecule has 0 bridgehead atoms. The molecule has 12 heteroatoms. The Kier molecular flexibility index (Phi) is 7.68. The highest BCUT2D eigenvalue weighted by atomic mass is 32.1. The summed E-state index contributed by atoms with van der Waals surface area (Å²) in [6.07, 6.45) is 0. The molecule has 8 nitrogen and oxygen atoms in total. The minimum Gasteiger partial charge on any atom is -0.477 e. The molecule has 0 amide bonds. The molecule has 2 saturated heterocycles. The fraction of sp³-hybridized carbons (Fsp3) is 0.565. The van der Waals surface area contributed by atoms with Crippen molar-refractivity contribution in [3.8, 4) is 0 Å². The summed E-state index contributed by atoms with van der Waals surface area (Å²) >= 11 is 2.53. The maximum atomic E-state index is 11.4. The van der Waals surface area contributed by atoms with Gasteiger partial charge in [0.15, 0.2) is 0 Å². The first-order valence-corrected chi connectivity index (χ1v) is 12.9. The summed E-state index contributed by atoms with van der Waals surface area (Å²) in [6, 6.07) is 6.90. The average Bonchev–Trinajstić information content (AvgIpc) is 3.48. The first-order valence-electron chi connectivity index (χ1n) is 11.2. The molecule has 0 unspecified atom stereocenters. The maximum Gasteiger partial charge on any atom is 0.505 e. The lowest BCUT2D eigenvalue weighted by molar-refractivity contribution is 0.00578. The van der Waals surface area contributed by atoms with E-state index in [0.717, 1.165) is 9.55 Å². The number of hydrogen-bond acceptors (Lipinski definition) is 9. The second-order valence-corrected chi connectivity index (χ2v) is 12.6. The molecular weight excluding hydrogens is 490 g/mol. The Labute approximate surface area is 215 Å². The molecule has 0 aliphatic carbocycles. The van der Waals surface area contributed by atoms with E-state index in [1.807, 2.05) is 61.5 Å². The summed E-state index contributed by atoms with van der Waals surface area (Å²) in [5.74, 6) is -1.25. The molecule has 4 rings (SSSR count). The van der Waals surface area contributed by atoms with Gasteiger partial charge >= 0.3 is 26.2 Å². The van der Waals surface area contributed by atoms with E-state index in [9.17, 15) is 9.59 Å². The van der Waals surface area contributed by atoms with Crippen LogP contribution in [0, 0.1) is 0 Å². The zero-order valence-corrected chi connectivity index (χ0v) is 23.2. The Balaban J connectivity index is 0.000000196. The van der Waals surface area contributed by atoms with Crippen molar-refractivity contribution in [2.75, 3.05) is 7.11 Å². The van der Waals surface area contributed by atoms with Gasteiger partial charge in [-0.15, -0.1) is 22.7 Å². The smallest absolute Gasteiger partial charge is 0.477 e. The second-order valence-electron chi connectivity index (χ2n) is 10.4. The third-order valence-electron chi connectivity index (χ3n) is 6.82. The van der Waals surface area contributed by atoms with Crippen LogP contribution in [0.5, 0.6) is 0 Å². The Morgan fingerprint density at radius 1 is 0.714 bits per heavy atom. The summed E-state index contributed by atoms with van der Waals surface area (Å²) in [4.78, 5) is 23.1. The third kappa shape index (κ3) is 5.68. The van der Waals surface area contributed by atoms with Crippen molar-refractivity contribution in [3.05, 3.63) is 34.0 Å². The van der Waals surface area contributed by atoms with Gasteiger partial charge in [0.25, 0.3) is 0 Å². The SMILES string of the molecule is CC1(C)OB(c2ccc(C(=O)O)s2)OC1(C)C.COC(=O)c1ccc(B2OC(C)(C)C(C)(C)O2)s1. The summed E-state index contributed by atoms with van der Waals surface area (Å²) in [7, 11) is 0.479. The van der Waals surface area contributed by atoms with Crippen molar-refractivity contribution < 1.29 is 38.0 Å². The molecule has 2 aromatic rings. The van der Waals surface area contributed by atoms with Crippen molar-refractivity contribution in [1.29, 1.82) is 0 Å². The number of aromatic carboxylic acids is 1. The van der Waals surface area contributed by atoms with Gasteiger partial charge in [-0.1, -0.05) is 12.1 Å². The van der Waals surface area contributed by atoms with Gasteiger partial charge in [0.1, 0.15) is 9.75 Å². The fourth-order valence-electron chi connectivity index (χ4n) is 3.20. The van der Waals surface area contributed by atoms with Crippen molar-refractivity contribution in [2.45, 2.75) is 77.8 Å². The van der Waals surface area contributed by atoms with Gasteiger partial charge in [0, 0.05) is 9.55 Å². The number of ether oxygens (including phenoxy) is 1. The molecule has 4 heterocycles. The molecule has 2 aromatic heterocycles. The number of thiophene rings is 2. The molecule has 2 aliphatic heterocycles. The molecule has 0 spiro atoms. The Bertz CT molecular complexity index is 1060. The lowest BCUT2D eigenvalue weighted by atomic mass is 9.88. The van der Waals surface area contributed by atoms with Gasteiger partial charge in [-0.2, -0.15) is 0 Å². The zero-order chi connectivity index (χ0) is 26.4. The molecule has 0 atom stereocenters. The van der Waals surface area contributed by atoms with Gasteiger partial charge in [-0.05, 0) is 67.5 Å². The molecule has 190 valence electrons. The number of carboxylic acid groups (broad SMARTS) is 1. The van der Waals surface area contributed by atoms with Crippen molar-refractivity contribution in [3.63, 3.8) is 0 Å². The van der Waals surface area contributed by atoms with Crippen LogP contribution in [0.25, 0.3) is 0 Å². The number of hydrogen-bond donors (Lipinski definition) is 1. The van der Waals surface area contributed by atoms with E-state index < -0.39 is 31.4 Å². The lowest BCUT2D eigenvalue weighted by Crippen LogP contribution is -2.41. The third-order valence-corrected chi connectivity index (χ3v) is 9.00. The standard InChI is InChI=1S/C12H17BO4S.C11H15BO4S/c1-11(2)12(3,4)17-13(16-11)9-7-6-8(18-9)10(14)15-5;1-10(2)11(3,4)16-12(15-10)8-6-5-7(17-8)9(13)14/h6-7H,1-5H3;5-6H,1-4H3,(H,13,14). The molecule has 0 aromatic carbocycles. The second kappa shape index (κ2) is 9.64. The minimum atomic E-state index is -0.919. The van der Waals surface area contributed by atoms with Crippen LogP contribution in [-0.2, 0) is 23.4 Å². The normalized spacial score (nSPS) is 21.4. The van der Waals surface area contributed by atoms with Gasteiger partial charge in [-0.25, -0.2) is 9.59 Å². The quantitative estimate of drug-likeness (QED) is 0.481. The Morgan fingerprint density at radius 3 is 1.37 bits per heavy atom. The van der Waals surface area contributed by atoms with Crippen LogP contribution in [0.2, 0.25) is 0 Å². The predicted molar refractivity (Wildman–Crippen MR) is 138 cm³/mol.